The number of hydrogen-bond acceptors (Lipinski definition) is 31. The maximum absolute atomic E-state index is 13.7. The highest BCUT2D eigenvalue weighted by Crippen LogP contribution is 2.44. The molecule has 0 aliphatic heterocycles. The van der Waals surface area contributed by atoms with Crippen LogP contribution in [0.4, 0.5) is 20.2 Å². The van der Waals surface area contributed by atoms with E-state index in [0.29, 0.717) is 99.6 Å². The molecule has 0 atom stereocenters. The number of phenols is 7. The zero-order valence-corrected chi connectivity index (χ0v) is 75.7. The molecular formula is C106H78F2N8O24S. The average molecular weight is 1920 g/mol. The summed E-state index contributed by atoms with van der Waals surface area (Å²) in [6, 6.07) is 66.1. The minimum Gasteiger partial charge on any atom is -0.504 e. The summed E-state index contributed by atoms with van der Waals surface area (Å²) < 4.78 is 52.2. The van der Waals surface area contributed by atoms with Gasteiger partial charge in [0.05, 0.1) is 106 Å². The number of fused-ring (bicyclic) bond motifs is 4. The highest BCUT2D eigenvalue weighted by atomic mass is 32.1. The normalized spacial score (nSPS) is 10.4. The van der Waals surface area contributed by atoms with Gasteiger partial charge < -0.3 is 59.4 Å². The number of methoxy groups -OCH3 is 5. The number of aldehydes is 7. The molecular weight excluding hydrogens is 1840 g/mol. The number of nitro groups is 2. The van der Waals surface area contributed by atoms with Crippen LogP contribution in [0, 0.1) is 31.9 Å². The Morgan fingerprint density at radius 3 is 1.04 bits per heavy atom. The van der Waals surface area contributed by atoms with Crippen molar-refractivity contribution in [1.29, 1.82) is 0 Å². The van der Waals surface area contributed by atoms with Gasteiger partial charge in [-0.3, -0.25) is 78.5 Å². The van der Waals surface area contributed by atoms with Crippen LogP contribution in [0.3, 0.4) is 0 Å². The second kappa shape index (κ2) is 46.6. The van der Waals surface area contributed by atoms with E-state index in [1.165, 1.54) is 109 Å². The van der Waals surface area contributed by atoms with Crippen molar-refractivity contribution < 1.29 is 116 Å². The van der Waals surface area contributed by atoms with E-state index in [1.807, 2.05) is 97.1 Å². The molecule has 0 amide bonds. The molecule has 0 aliphatic rings. The predicted molar refractivity (Wildman–Crippen MR) is 523 cm³/mol. The van der Waals surface area contributed by atoms with Gasteiger partial charge in [0.2, 0.25) is 23.3 Å². The van der Waals surface area contributed by atoms with E-state index >= 15 is 0 Å². The number of ether oxygens (including phenoxy) is 5. The van der Waals surface area contributed by atoms with Crippen LogP contribution in [0.15, 0.2) is 280 Å². The molecule has 141 heavy (non-hydrogen) atoms. The van der Waals surface area contributed by atoms with Crippen LogP contribution >= 0.6 is 11.3 Å². The van der Waals surface area contributed by atoms with E-state index in [9.17, 15) is 103 Å². The number of ketones is 1. The Kier molecular flexibility index (Phi) is 33.2. The zero-order chi connectivity index (χ0) is 101. The van der Waals surface area contributed by atoms with E-state index in [0.717, 1.165) is 87.8 Å². The summed E-state index contributed by atoms with van der Waals surface area (Å²) in [4.78, 5) is 135. The number of halogens is 2. The van der Waals surface area contributed by atoms with Crippen molar-refractivity contribution in [3.8, 4) is 146 Å². The molecule has 0 saturated heterocycles. The van der Waals surface area contributed by atoms with E-state index in [-0.39, 0.29) is 79.2 Å². The second-order valence-electron chi connectivity index (χ2n) is 29.8. The second-order valence-corrected chi connectivity index (χ2v) is 30.9. The summed E-state index contributed by atoms with van der Waals surface area (Å²) in [5, 5.41) is 94.3. The molecule has 0 saturated carbocycles. The number of pyridine rings is 6. The van der Waals surface area contributed by atoms with Crippen LogP contribution in [0.1, 0.15) is 89.1 Å². The number of hydrogen-bond donors (Lipinski definition) is 7. The summed E-state index contributed by atoms with van der Waals surface area (Å²) in [5.74, 6) is -3.05. The molecule has 0 radical (unpaired) electrons. The van der Waals surface area contributed by atoms with Gasteiger partial charge in [-0.25, -0.2) is 18.7 Å². The number of aromatic nitrogens is 6. The first kappa shape index (κ1) is 101. The highest BCUT2D eigenvalue weighted by Gasteiger charge is 2.25. The molecule has 0 fully saturated rings. The van der Waals surface area contributed by atoms with Crippen LogP contribution in [-0.2, 0) is 0 Å². The molecule has 32 nitrogen and oxygen atoms in total. The van der Waals surface area contributed by atoms with Crippen molar-refractivity contribution in [2.75, 3.05) is 35.5 Å². The lowest BCUT2D eigenvalue weighted by Gasteiger charge is -2.11. The third kappa shape index (κ3) is 23.4. The van der Waals surface area contributed by atoms with Crippen LogP contribution in [0.2, 0.25) is 0 Å². The fourth-order valence-electron chi connectivity index (χ4n) is 14.3. The van der Waals surface area contributed by atoms with Gasteiger partial charge in [-0.05, 0) is 201 Å². The van der Waals surface area contributed by atoms with Gasteiger partial charge in [-0.1, -0.05) is 78.9 Å². The maximum Gasteiger partial charge on any atom is 0.312 e. The van der Waals surface area contributed by atoms with Crippen LogP contribution in [-0.4, -0.2) is 161 Å². The number of nitro benzene ring substituents is 2. The largest absolute Gasteiger partial charge is 0.504 e. The number of aromatic hydroxyl groups is 7. The molecule has 7 aromatic heterocycles. The van der Waals surface area contributed by atoms with Gasteiger partial charge >= 0.3 is 11.4 Å². The minimum absolute atomic E-state index is 0.00222. The van der Waals surface area contributed by atoms with Crippen molar-refractivity contribution in [3.05, 3.63) is 356 Å². The molecule has 11 aromatic carbocycles. The number of carbonyl (C=O) groups is 8. The van der Waals surface area contributed by atoms with E-state index in [4.69, 9.17) is 23.7 Å². The topological polar surface area (TPSA) is 488 Å². The molecule has 7 heterocycles. The van der Waals surface area contributed by atoms with Gasteiger partial charge in [0, 0.05) is 111 Å². The summed E-state index contributed by atoms with van der Waals surface area (Å²) in [5.41, 5.74) is 10.1. The quantitative estimate of drug-likeness (QED) is 0.0143. The molecule has 7 N–H and O–H groups in total. The van der Waals surface area contributed by atoms with Crippen molar-refractivity contribution in [2.24, 2.45) is 0 Å². The van der Waals surface area contributed by atoms with Crippen LogP contribution < -0.4 is 23.7 Å². The summed E-state index contributed by atoms with van der Waals surface area (Å²) in [6.07, 6.45) is 15.0. The number of nitrogens with zero attached hydrogens (tertiary/aromatic N) is 8. The fraction of sp³-hybridized carbons (Fsp3) is 0.0566. The first-order chi connectivity index (χ1) is 68.1. The molecule has 0 spiro atoms. The van der Waals surface area contributed by atoms with Crippen molar-refractivity contribution in [1.82, 2.24) is 29.9 Å². The first-order valence-corrected chi connectivity index (χ1v) is 42.4. The number of Topliss-reactive ketones (excluding diaryl/α,β-unsaturated/α-hetero) is 1. The lowest BCUT2D eigenvalue weighted by molar-refractivity contribution is -0.386. The Balaban J connectivity index is 0.000000147. The van der Waals surface area contributed by atoms with Crippen molar-refractivity contribution in [3.63, 3.8) is 0 Å². The molecule has 18 aromatic rings. The third-order valence-corrected chi connectivity index (χ3v) is 22.6. The molecule has 706 valence electrons. The Hall–Kier alpha value is -19.3. The molecule has 0 bridgehead atoms. The van der Waals surface area contributed by atoms with E-state index in [2.05, 4.69) is 29.9 Å². The average Bonchev–Trinajstić information content (AvgIpc) is 1.51. The molecule has 35 heteroatoms. The van der Waals surface area contributed by atoms with Crippen LogP contribution in [0.5, 0.6) is 69.3 Å². The zero-order valence-electron chi connectivity index (χ0n) is 74.9. The van der Waals surface area contributed by atoms with Crippen molar-refractivity contribution in [2.45, 2.75) is 6.92 Å². The number of thiophene rings is 1. The Labute approximate surface area is 802 Å². The Morgan fingerprint density at radius 1 is 0.326 bits per heavy atom. The summed E-state index contributed by atoms with van der Waals surface area (Å²) >= 11 is 1.34. The minimum atomic E-state index is -0.842. The number of carbonyl (C=O) groups excluding carboxylic acids is 8. The maximum atomic E-state index is 13.7. The lowest BCUT2D eigenvalue weighted by Crippen LogP contribution is -1.94. The standard InChI is InChI=1S/2C17H13NO3.C16H10FNO2.C16H10N2O4.C14H12O4S.C13H10FNO3.C13H10N2O5/c1-21-16-9-11(8-12(10-19)17(16)20)13-4-2-6-15-14(13)5-3-7-18-15;1-21-16-7-12(6-13(10-19)17(16)20)15-9-18-8-11-4-2-3-5-14(11)15;17-14-8-10(7-11(9-19)16(14)20)12-3-1-5-15-13(12)4-2-6-18-15;19-9-11-7-10(8-15(16(11)20)18(21)22)12-3-1-5-14-13(12)4-2-6-17-14;1-8(16)12-3-4-13(19-12)9-5-10(7-15)14(17)11(6-9)18-2;1-18-12-3-2-8(6-15-12)9-4-10(7-16)13(17)11(14)5-9;1-20-12-3-2-8(6-14-12)9-4-10(7-16)13(17)11(5-9)15(18)19/h2*2-10,20H,1H3;1-9,20H;1-9,20H;3-7,17H,1-2H3;2-7,17H,1H3;2-7,17H,1H3. The van der Waals surface area contributed by atoms with Gasteiger partial charge in [-0.2, -0.15) is 0 Å². The Bertz CT molecular complexity index is 7660. The number of phenolic OH excluding ortho intramolecular Hbond substituents is 7. The highest BCUT2D eigenvalue weighted by molar-refractivity contribution is 7.17. The van der Waals surface area contributed by atoms with Crippen LogP contribution in [0.25, 0.3) is 121 Å². The fourth-order valence-corrected chi connectivity index (χ4v) is 15.2. The third-order valence-electron chi connectivity index (χ3n) is 21.3. The first-order valence-electron chi connectivity index (χ1n) is 41.5. The molecule has 18 rings (SSSR count). The number of benzene rings is 11. The predicted octanol–water partition coefficient (Wildman–Crippen LogP) is 21.5. The Morgan fingerprint density at radius 2 is 0.667 bits per heavy atom. The van der Waals surface area contributed by atoms with Gasteiger partial charge in [-0.15, -0.1) is 11.3 Å². The van der Waals surface area contributed by atoms with E-state index in [1.54, 1.807) is 122 Å². The molecule has 0 aliphatic carbocycles. The van der Waals surface area contributed by atoms with Crippen molar-refractivity contribution >= 4 is 116 Å². The summed E-state index contributed by atoms with van der Waals surface area (Å²) in [7, 11) is 7.29. The monoisotopic (exact) mass is 1920 g/mol. The smallest absolute Gasteiger partial charge is 0.312 e. The van der Waals surface area contributed by atoms with Gasteiger partial charge in [0.25, 0.3) is 0 Å². The number of rotatable bonds is 22. The molecule has 0 unspecified atom stereocenters. The SMILES string of the molecule is COc1cc(-c2ccc(C(C)=O)s2)cc(C=O)c1O.COc1cc(-c2cccc3ncccc23)cc(C=O)c1O.COc1cc(-c2cncc3ccccc23)cc(C=O)c1O.COc1ccc(-c2cc(C=O)c(O)c([N+](=O)[O-])c2)cn1.COc1ccc(-c2cc(F)c(O)c(C=O)c2)cn1.O=Cc1cc(-c2cccc3ncccc23)cc(F)c1O.O=Cc1cc(-c2cccc3ncccc23)cc([N+](=O)[O-])c1O. The summed E-state index contributed by atoms with van der Waals surface area (Å²) in [6.45, 7) is 1.50. The van der Waals surface area contributed by atoms with Gasteiger partial charge in [0.15, 0.2) is 107 Å². The lowest BCUT2D eigenvalue weighted by atomic mass is 9.98. The van der Waals surface area contributed by atoms with Gasteiger partial charge in [0.1, 0.15) is 0 Å². The van der Waals surface area contributed by atoms with E-state index < -0.39 is 55.9 Å².